The highest BCUT2D eigenvalue weighted by Crippen LogP contribution is 2.61. The van der Waals surface area contributed by atoms with Gasteiger partial charge in [0.2, 0.25) is 0 Å². The Balaban J connectivity index is 1.99. The van der Waals surface area contributed by atoms with Crippen molar-refractivity contribution in [3.63, 3.8) is 0 Å². The minimum atomic E-state index is -3.39. The fourth-order valence-corrected chi connectivity index (χ4v) is 7.03. The SMILES string of the molecule is C[Si](C)(C)C1CC1(CCCc1ccccc1)OS(C)(=O)=O. The third-order valence-corrected chi connectivity index (χ3v) is 7.75. The Labute approximate surface area is 129 Å². The molecule has 5 heteroatoms. The van der Waals surface area contributed by atoms with Gasteiger partial charge < -0.3 is 0 Å². The number of benzene rings is 1. The number of hydrogen-bond donors (Lipinski definition) is 0. The molecule has 1 fully saturated rings. The van der Waals surface area contributed by atoms with Gasteiger partial charge in [0.1, 0.15) is 0 Å². The van der Waals surface area contributed by atoms with Crippen molar-refractivity contribution < 1.29 is 12.6 Å². The summed E-state index contributed by atoms with van der Waals surface area (Å²) in [5.74, 6) is 0. The van der Waals surface area contributed by atoms with Gasteiger partial charge in [-0.1, -0.05) is 50.0 Å². The third-order valence-electron chi connectivity index (χ3n) is 4.30. The van der Waals surface area contributed by atoms with Crippen molar-refractivity contribution in [3.05, 3.63) is 35.9 Å². The van der Waals surface area contributed by atoms with E-state index in [4.69, 9.17) is 4.18 Å². The van der Waals surface area contributed by atoms with Crippen LogP contribution in [0.3, 0.4) is 0 Å². The summed E-state index contributed by atoms with van der Waals surface area (Å²) in [5.41, 5.74) is 1.35. The van der Waals surface area contributed by atoms with Crippen LogP contribution >= 0.6 is 0 Å². The van der Waals surface area contributed by atoms with Crippen molar-refractivity contribution >= 4 is 18.2 Å². The molecule has 1 aromatic rings. The van der Waals surface area contributed by atoms with Gasteiger partial charge in [-0.25, -0.2) is 0 Å². The predicted molar refractivity (Wildman–Crippen MR) is 89.8 cm³/mol. The predicted octanol–water partition coefficient (Wildman–Crippen LogP) is 3.84. The van der Waals surface area contributed by atoms with Gasteiger partial charge in [-0.15, -0.1) is 0 Å². The lowest BCUT2D eigenvalue weighted by molar-refractivity contribution is 0.174. The summed E-state index contributed by atoms with van der Waals surface area (Å²) >= 11 is 0. The molecule has 0 saturated heterocycles. The molecular weight excluding hydrogens is 300 g/mol. The normalized spacial score (nSPS) is 25.8. The van der Waals surface area contributed by atoms with E-state index in [0.717, 1.165) is 25.7 Å². The van der Waals surface area contributed by atoms with Gasteiger partial charge in [0.05, 0.1) is 19.9 Å². The standard InChI is InChI=1S/C16H26O3SSi/c1-20(17,18)19-16(13-15(16)21(2,3)4)12-8-11-14-9-6-5-7-10-14/h5-7,9-10,15H,8,11-13H2,1-4H3. The summed E-state index contributed by atoms with van der Waals surface area (Å²) in [6.45, 7) is 6.88. The molecule has 2 rings (SSSR count). The first-order valence-corrected chi connectivity index (χ1v) is 13.0. The van der Waals surface area contributed by atoms with Crippen LogP contribution in [-0.4, -0.2) is 28.3 Å². The van der Waals surface area contributed by atoms with Crippen LogP contribution in [0.15, 0.2) is 30.3 Å². The van der Waals surface area contributed by atoms with E-state index in [1.165, 1.54) is 11.8 Å². The minimum absolute atomic E-state index is 0.410. The highest BCUT2D eigenvalue weighted by Gasteiger charge is 2.61. The van der Waals surface area contributed by atoms with Crippen LogP contribution in [0.5, 0.6) is 0 Å². The van der Waals surface area contributed by atoms with Gasteiger partial charge in [-0.05, 0) is 36.8 Å². The van der Waals surface area contributed by atoms with Gasteiger partial charge in [-0.2, -0.15) is 8.42 Å². The molecule has 1 aromatic carbocycles. The lowest BCUT2D eigenvalue weighted by Crippen LogP contribution is -2.30. The van der Waals surface area contributed by atoms with Crippen LogP contribution in [0.2, 0.25) is 25.2 Å². The smallest absolute Gasteiger partial charge is 0.264 e. The molecule has 0 aromatic heterocycles. The van der Waals surface area contributed by atoms with Gasteiger partial charge in [0.25, 0.3) is 10.1 Å². The molecule has 2 unspecified atom stereocenters. The first kappa shape index (κ1) is 16.7. The zero-order valence-electron chi connectivity index (χ0n) is 13.4. The average molecular weight is 327 g/mol. The maximum absolute atomic E-state index is 11.6. The monoisotopic (exact) mass is 326 g/mol. The van der Waals surface area contributed by atoms with Gasteiger partial charge in [0, 0.05) is 0 Å². The van der Waals surface area contributed by atoms with E-state index < -0.39 is 23.8 Å². The molecule has 2 atom stereocenters. The van der Waals surface area contributed by atoms with Crippen molar-refractivity contribution in [1.29, 1.82) is 0 Å². The van der Waals surface area contributed by atoms with Crippen LogP contribution in [0.1, 0.15) is 24.8 Å². The van der Waals surface area contributed by atoms with E-state index in [0.29, 0.717) is 5.54 Å². The van der Waals surface area contributed by atoms with E-state index in [1.54, 1.807) is 0 Å². The van der Waals surface area contributed by atoms with Crippen molar-refractivity contribution in [3.8, 4) is 0 Å². The van der Waals surface area contributed by atoms with Crippen LogP contribution in [0.4, 0.5) is 0 Å². The molecule has 0 heterocycles. The van der Waals surface area contributed by atoms with Crippen LogP contribution in [0.25, 0.3) is 0 Å². The van der Waals surface area contributed by atoms with Crippen molar-refractivity contribution in [2.24, 2.45) is 0 Å². The fraction of sp³-hybridized carbons (Fsp3) is 0.625. The summed E-state index contributed by atoms with van der Waals surface area (Å²) in [4.78, 5) is 0. The molecule has 0 amide bonds. The van der Waals surface area contributed by atoms with Gasteiger partial charge in [0.15, 0.2) is 0 Å². The largest absolute Gasteiger partial charge is 0.264 e. The molecule has 0 bridgehead atoms. The van der Waals surface area contributed by atoms with E-state index in [-0.39, 0.29) is 0 Å². The maximum atomic E-state index is 11.6. The van der Waals surface area contributed by atoms with Gasteiger partial charge >= 0.3 is 0 Å². The Hall–Kier alpha value is -0.653. The van der Waals surface area contributed by atoms with Crippen molar-refractivity contribution in [2.75, 3.05) is 6.26 Å². The Morgan fingerprint density at radius 3 is 2.33 bits per heavy atom. The third kappa shape index (κ3) is 4.66. The zero-order chi connectivity index (χ0) is 15.7. The maximum Gasteiger partial charge on any atom is 0.264 e. The molecule has 0 radical (unpaired) electrons. The van der Waals surface area contributed by atoms with Crippen LogP contribution in [0, 0.1) is 0 Å². The molecule has 0 aliphatic heterocycles. The molecule has 3 nitrogen and oxygen atoms in total. The second kappa shape index (κ2) is 5.86. The topological polar surface area (TPSA) is 43.4 Å². The second-order valence-corrected chi connectivity index (χ2v) is 14.3. The first-order valence-electron chi connectivity index (χ1n) is 7.57. The lowest BCUT2D eigenvalue weighted by Gasteiger charge is -2.23. The Kier molecular flexibility index (Phi) is 4.66. The Bertz CT molecular complexity index is 577. The molecule has 1 saturated carbocycles. The summed E-state index contributed by atoms with van der Waals surface area (Å²) in [7, 11) is -4.76. The highest BCUT2D eigenvalue weighted by molar-refractivity contribution is 7.86. The second-order valence-electron chi connectivity index (χ2n) is 7.31. The fourth-order valence-electron chi connectivity index (χ4n) is 3.33. The molecule has 1 aliphatic carbocycles. The molecule has 0 N–H and O–H groups in total. The summed E-state index contributed by atoms with van der Waals surface area (Å²) in [6.07, 6.45) is 4.87. The number of rotatable bonds is 7. The quantitative estimate of drug-likeness (QED) is 0.565. The van der Waals surface area contributed by atoms with Crippen LogP contribution < -0.4 is 0 Å². The first-order chi connectivity index (χ1) is 9.62. The van der Waals surface area contributed by atoms with E-state index >= 15 is 0 Å². The van der Waals surface area contributed by atoms with E-state index in [2.05, 4.69) is 31.8 Å². The Morgan fingerprint density at radius 2 is 1.86 bits per heavy atom. The van der Waals surface area contributed by atoms with Crippen molar-refractivity contribution in [2.45, 2.75) is 56.5 Å². The van der Waals surface area contributed by atoms with Crippen LogP contribution in [-0.2, 0) is 20.7 Å². The summed E-state index contributed by atoms with van der Waals surface area (Å²) < 4.78 is 28.7. The highest BCUT2D eigenvalue weighted by atomic mass is 32.2. The zero-order valence-corrected chi connectivity index (χ0v) is 15.2. The molecule has 0 spiro atoms. The van der Waals surface area contributed by atoms with E-state index in [1.807, 2.05) is 18.2 Å². The minimum Gasteiger partial charge on any atom is -0.264 e. The molecule has 21 heavy (non-hydrogen) atoms. The lowest BCUT2D eigenvalue weighted by atomic mass is 10.1. The van der Waals surface area contributed by atoms with E-state index in [9.17, 15) is 8.42 Å². The van der Waals surface area contributed by atoms with Crippen molar-refractivity contribution in [1.82, 2.24) is 0 Å². The average Bonchev–Trinajstić information content (AvgIpc) is 3.02. The summed E-state index contributed by atoms with van der Waals surface area (Å²) in [5, 5.41) is 0. The van der Waals surface area contributed by atoms with Gasteiger partial charge in [-0.3, -0.25) is 4.18 Å². The molecule has 118 valence electrons. The Morgan fingerprint density at radius 1 is 1.24 bits per heavy atom. The summed E-state index contributed by atoms with van der Waals surface area (Å²) in [6, 6.07) is 10.3. The number of aryl methyl sites for hydroxylation is 1. The number of hydrogen-bond acceptors (Lipinski definition) is 3. The molecule has 1 aliphatic rings. The molecular formula is C16H26O3SSi.